The Kier molecular flexibility index (Phi) is 6.12. The van der Waals surface area contributed by atoms with E-state index < -0.39 is 0 Å². The fourth-order valence-electron chi connectivity index (χ4n) is 2.56. The van der Waals surface area contributed by atoms with E-state index in [1.165, 1.54) is 18.5 Å². The van der Waals surface area contributed by atoms with E-state index in [1.807, 2.05) is 12.4 Å². The molecule has 112 valence electrons. The summed E-state index contributed by atoms with van der Waals surface area (Å²) in [6.45, 7) is 8.28. The number of ether oxygens (including phenoxy) is 1. The van der Waals surface area contributed by atoms with Crippen LogP contribution in [-0.2, 0) is 4.74 Å². The minimum absolute atomic E-state index is 0.371. The highest BCUT2D eigenvalue weighted by atomic mass is 16.5. The number of hydrogen-bond donors (Lipinski definition) is 1. The average molecular weight is 277 g/mol. The van der Waals surface area contributed by atoms with Gasteiger partial charge in [0.15, 0.2) is 0 Å². The predicted molar refractivity (Wildman–Crippen MR) is 84.5 cm³/mol. The van der Waals surface area contributed by atoms with Crippen molar-refractivity contribution in [1.82, 2.24) is 4.98 Å². The summed E-state index contributed by atoms with van der Waals surface area (Å²) in [6, 6.07) is 2.20. The van der Waals surface area contributed by atoms with Gasteiger partial charge < -0.3 is 15.0 Å². The van der Waals surface area contributed by atoms with E-state index in [1.54, 1.807) is 0 Å². The summed E-state index contributed by atoms with van der Waals surface area (Å²) in [6.07, 6.45) is 8.82. The number of rotatable bonds is 7. The van der Waals surface area contributed by atoms with Crippen LogP contribution in [0.4, 0.5) is 11.4 Å². The molecule has 1 atom stereocenters. The number of nitrogens with zero attached hydrogens (tertiary/aromatic N) is 2. The van der Waals surface area contributed by atoms with Gasteiger partial charge in [-0.1, -0.05) is 13.8 Å². The smallest absolute Gasteiger partial charge is 0.0750 e. The third-order valence-electron chi connectivity index (χ3n) is 3.60. The van der Waals surface area contributed by atoms with E-state index in [-0.39, 0.29) is 0 Å². The first kappa shape index (κ1) is 15.1. The molecule has 20 heavy (non-hydrogen) atoms. The van der Waals surface area contributed by atoms with Crippen LogP contribution in [0.15, 0.2) is 18.5 Å². The van der Waals surface area contributed by atoms with Gasteiger partial charge in [-0.25, -0.2) is 0 Å². The van der Waals surface area contributed by atoms with Gasteiger partial charge in [0.1, 0.15) is 0 Å². The molecule has 0 radical (unpaired) electrons. The van der Waals surface area contributed by atoms with Gasteiger partial charge >= 0.3 is 0 Å². The molecule has 4 nitrogen and oxygen atoms in total. The minimum Gasteiger partial charge on any atom is -0.384 e. The largest absolute Gasteiger partial charge is 0.384 e. The Balaban J connectivity index is 1.95. The summed E-state index contributed by atoms with van der Waals surface area (Å²) in [4.78, 5) is 6.75. The van der Waals surface area contributed by atoms with E-state index in [2.05, 4.69) is 35.1 Å². The van der Waals surface area contributed by atoms with E-state index in [9.17, 15) is 0 Å². The van der Waals surface area contributed by atoms with Crippen LogP contribution in [0.25, 0.3) is 0 Å². The Morgan fingerprint density at radius 2 is 2.25 bits per heavy atom. The first-order valence-electron chi connectivity index (χ1n) is 7.89. The van der Waals surface area contributed by atoms with Crippen molar-refractivity contribution in [1.29, 1.82) is 0 Å². The van der Waals surface area contributed by atoms with Crippen molar-refractivity contribution < 1.29 is 4.74 Å². The van der Waals surface area contributed by atoms with Crippen LogP contribution in [0.2, 0.25) is 0 Å². The third kappa shape index (κ3) is 4.37. The van der Waals surface area contributed by atoms with E-state index in [0.29, 0.717) is 6.10 Å². The van der Waals surface area contributed by atoms with Crippen LogP contribution in [0.3, 0.4) is 0 Å². The van der Waals surface area contributed by atoms with Crippen molar-refractivity contribution >= 4 is 11.4 Å². The summed E-state index contributed by atoms with van der Waals surface area (Å²) in [5.41, 5.74) is 2.32. The Morgan fingerprint density at radius 3 is 3.05 bits per heavy atom. The molecule has 2 rings (SSSR count). The zero-order valence-electron chi connectivity index (χ0n) is 12.8. The van der Waals surface area contributed by atoms with Crippen molar-refractivity contribution in [3.05, 3.63) is 18.5 Å². The lowest BCUT2D eigenvalue weighted by atomic mass is 10.1. The molecule has 1 N–H and O–H groups in total. The van der Waals surface area contributed by atoms with Gasteiger partial charge in [-0.3, -0.25) is 4.98 Å². The van der Waals surface area contributed by atoms with Gasteiger partial charge in [0.25, 0.3) is 0 Å². The Bertz CT molecular complexity index is 397. The molecule has 0 spiro atoms. The van der Waals surface area contributed by atoms with Gasteiger partial charge in [-0.05, 0) is 31.7 Å². The zero-order valence-corrected chi connectivity index (χ0v) is 12.8. The topological polar surface area (TPSA) is 37.4 Å². The molecular weight excluding hydrogens is 250 g/mol. The fraction of sp³-hybridized carbons (Fsp3) is 0.688. The maximum absolute atomic E-state index is 5.90. The fourth-order valence-corrected chi connectivity index (χ4v) is 2.56. The Morgan fingerprint density at radius 1 is 1.35 bits per heavy atom. The molecule has 1 unspecified atom stereocenters. The van der Waals surface area contributed by atoms with E-state index in [4.69, 9.17) is 4.74 Å². The molecular formula is C16H27N3O. The highest BCUT2D eigenvalue weighted by Crippen LogP contribution is 2.23. The second-order valence-electron chi connectivity index (χ2n) is 5.44. The van der Waals surface area contributed by atoms with Gasteiger partial charge in [-0.15, -0.1) is 0 Å². The quantitative estimate of drug-likeness (QED) is 0.830. The third-order valence-corrected chi connectivity index (χ3v) is 3.60. The summed E-state index contributed by atoms with van der Waals surface area (Å²) in [5, 5.41) is 3.40. The number of anilines is 2. The van der Waals surface area contributed by atoms with Crippen molar-refractivity contribution in [2.24, 2.45) is 0 Å². The molecule has 1 aliphatic heterocycles. The van der Waals surface area contributed by atoms with Crippen LogP contribution < -0.4 is 10.2 Å². The molecule has 2 heterocycles. The lowest BCUT2D eigenvalue weighted by Gasteiger charge is -2.34. The Hall–Kier alpha value is -1.29. The molecule has 1 aliphatic rings. The standard InChI is InChI=1S/C16H27N3O/c1-3-7-18-14-10-15(12-17-11-14)19-8-5-6-16(13-19)20-9-4-2/h10-12,16,18H,3-9,13H2,1-2H3. The van der Waals surface area contributed by atoms with E-state index >= 15 is 0 Å². The number of aromatic nitrogens is 1. The second-order valence-corrected chi connectivity index (χ2v) is 5.44. The molecule has 0 aliphatic carbocycles. The molecule has 0 aromatic carbocycles. The number of piperidine rings is 1. The maximum atomic E-state index is 5.90. The van der Waals surface area contributed by atoms with Gasteiger partial charge in [0.2, 0.25) is 0 Å². The maximum Gasteiger partial charge on any atom is 0.0750 e. The van der Waals surface area contributed by atoms with Crippen LogP contribution >= 0.6 is 0 Å². The van der Waals surface area contributed by atoms with Crippen LogP contribution in [0.1, 0.15) is 39.5 Å². The number of hydrogen-bond acceptors (Lipinski definition) is 4. The van der Waals surface area contributed by atoms with Crippen molar-refractivity contribution in [3.63, 3.8) is 0 Å². The first-order valence-corrected chi connectivity index (χ1v) is 7.89. The average Bonchev–Trinajstić information content (AvgIpc) is 2.51. The lowest BCUT2D eigenvalue weighted by Crippen LogP contribution is -2.39. The molecule has 0 saturated carbocycles. The van der Waals surface area contributed by atoms with Crippen LogP contribution in [-0.4, -0.2) is 37.3 Å². The zero-order chi connectivity index (χ0) is 14.2. The highest BCUT2D eigenvalue weighted by molar-refractivity contribution is 5.55. The van der Waals surface area contributed by atoms with Crippen molar-refractivity contribution in [3.8, 4) is 0 Å². The molecule has 1 saturated heterocycles. The summed E-state index contributed by atoms with van der Waals surface area (Å²) >= 11 is 0. The van der Waals surface area contributed by atoms with E-state index in [0.717, 1.165) is 44.8 Å². The second kappa shape index (κ2) is 8.10. The Labute approximate surface area is 122 Å². The summed E-state index contributed by atoms with van der Waals surface area (Å²) in [5.74, 6) is 0. The first-order chi connectivity index (χ1) is 9.83. The molecule has 4 heteroatoms. The van der Waals surface area contributed by atoms with Gasteiger partial charge in [-0.2, -0.15) is 0 Å². The lowest BCUT2D eigenvalue weighted by molar-refractivity contribution is 0.0440. The normalized spacial score (nSPS) is 19.1. The highest BCUT2D eigenvalue weighted by Gasteiger charge is 2.20. The van der Waals surface area contributed by atoms with Gasteiger partial charge in [0.05, 0.1) is 29.9 Å². The molecule has 0 bridgehead atoms. The minimum atomic E-state index is 0.371. The van der Waals surface area contributed by atoms with Crippen molar-refractivity contribution in [2.75, 3.05) is 36.5 Å². The predicted octanol–water partition coefficient (Wildman–Crippen LogP) is 3.30. The van der Waals surface area contributed by atoms with Crippen LogP contribution in [0.5, 0.6) is 0 Å². The summed E-state index contributed by atoms with van der Waals surface area (Å²) < 4.78 is 5.90. The molecule has 0 amide bonds. The number of nitrogens with one attached hydrogen (secondary N) is 1. The molecule has 1 fully saturated rings. The molecule has 1 aromatic rings. The SMILES string of the molecule is CCCNc1cncc(N2CCCC(OCCC)C2)c1. The number of pyridine rings is 1. The summed E-state index contributed by atoms with van der Waals surface area (Å²) in [7, 11) is 0. The van der Waals surface area contributed by atoms with Crippen molar-refractivity contribution in [2.45, 2.75) is 45.6 Å². The monoisotopic (exact) mass is 277 g/mol. The van der Waals surface area contributed by atoms with Crippen LogP contribution in [0, 0.1) is 0 Å². The molecule has 1 aromatic heterocycles. The van der Waals surface area contributed by atoms with Gasteiger partial charge in [0, 0.05) is 26.2 Å².